The molecule has 24 heavy (non-hydrogen) atoms. The second-order valence-corrected chi connectivity index (χ2v) is 6.46. The summed E-state index contributed by atoms with van der Waals surface area (Å²) in [7, 11) is 0. The summed E-state index contributed by atoms with van der Waals surface area (Å²) in [6.45, 7) is 0. The molecule has 0 aliphatic rings. The molecule has 118 valence electrons. The first kappa shape index (κ1) is 15.0. The molecule has 0 radical (unpaired) electrons. The van der Waals surface area contributed by atoms with Gasteiger partial charge in [-0.2, -0.15) is 8.75 Å². The van der Waals surface area contributed by atoms with Crippen molar-refractivity contribution in [3.05, 3.63) is 48.8 Å². The first-order valence-electron chi connectivity index (χ1n) is 7.15. The zero-order valence-electron chi connectivity index (χ0n) is 12.3. The molecule has 0 spiro atoms. The number of benzene rings is 2. The minimum absolute atomic E-state index is 0.108. The van der Waals surface area contributed by atoms with Crippen molar-refractivity contribution in [2.45, 2.75) is 5.03 Å². The molecule has 2 aromatic carbocycles. The molecule has 0 aliphatic carbocycles. The van der Waals surface area contributed by atoms with E-state index in [0.29, 0.717) is 11.2 Å². The fourth-order valence-corrected chi connectivity index (χ4v) is 3.66. The fourth-order valence-electron chi connectivity index (χ4n) is 2.32. The maximum atomic E-state index is 12.3. The average molecular weight is 353 g/mol. The molecule has 4 rings (SSSR count). The van der Waals surface area contributed by atoms with Crippen LogP contribution in [0.2, 0.25) is 0 Å². The van der Waals surface area contributed by atoms with E-state index in [1.807, 2.05) is 42.5 Å². The Morgan fingerprint density at radius 3 is 2.88 bits per heavy atom. The number of anilines is 1. The number of aromatic nitrogens is 4. The Morgan fingerprint density at radius 1 is 1.04 bits per heavy atom. The van der Waals surface area contributed by atoms with E-state index >= 15 is 0 Å². The van der Waals surface area contributed by atoms with Crippen LogP contribution in [0.25, 0.3) is 21.9 Å². The van der Waals surface area contributed by atoms with Crippen LogP contribution in [0.3, 0.4) is 0 Å². The van der Waals surface area contributed by atoms with Gasteiger partial charge in [0.05, 0.1) is 28.7 Å². The van der Waals surface area contributed by atoms with Gasteiger partial charge in [-0.15, -0.1) is 0 Å². The first-order valence-corrected chi connectivity index (χ1v) is 8.86. The molecular weight excluding hydrogens is 342 g/mol. The lowest BCUT2D eigenvalue weighted by Gasteiger charge is -2.06. The smallest absolute Gasteiger partial charge is 0.234 e. The van der Waals surface area contributed by atoms with Crippen LogP contribution in [0.4, 0.5) is 5.69 Å². The third-order valence-corrected chi connectivity index (χ3v) is 4.95. The number of thioether (sulfide) groups is 1. The summed E-state index contributed by atoms with van der Waals surface area (Å²) in [6, 6.07) is 13.3. The van der Waals surface area contributed by atoms with Crippen LogP contribution in [0.15, 0.2) is 53.8 Å². The summed E-state index contributed by atoms with van der Waals surface area (Å²) in [6.07, 6.45) is 1.52. The third kappa shape index (κ3) is 2.93. The molecule has 1 amide bonds. The lowest BCUT2D eigenvalue weighted by molar-refractivity contribution is -0.113. The Morgan fingerprint density at radius 2 is 1.92 bits per heavy atom. The van der Waals surface area contributed by atoms with E-state index in [9.17, 15) is 4.79 Å². The number of amides is 1. The first-order chi connectivity index (χ1) is 11.8. The van der Waals surface area contributed by atoms with E-state index < -0.39 is 0 Å². The van der Waals surface area contributed by atoms with Crippen LogP contribution in [0, 0.1) is 0 Å². The van der Waals surface area contributed by atoms with Gasteiger partial charge in [-0.05, 0) is 18.2 Å². The molecule has 0 atom stereocenters. The fraction of sp³-hybridized carbons (Fsp3) is 0.0625. The summed E-state index contributed by atoms with van der Waals surface area (Å²) in [4.78, 5) is 20.8. The van der Waals surface area contributed by atoms with Crippen molar-refractivity contribution in [2.24, 2.45) is 0 Å². The Bertz CT molecular complexity index is 1030. The third-order valence-electron chi connectivity index (χ3n) is 3.41. The molecule has 0 fully saturated rings. The van der Waals surface area contributed by atoms with Crippen molar-refractivity contribution in [3.8, 4) is 0 Å². The lowest BCUT2D eigenvalue weighted by Crippen LogP contribution is -2.14. The molecule has 6 nitrogen and oxygen atoms in total. The monoisotopic (exact) mass is 353 g/mol. The van der Waals surface area contributed by atoms with Crippen molar-refractivity contribution in [2.75, 3.05) is 11.1 Å². The lowest BCUT2D eigenvalue weighted by atomic mass is 10.2. The zero-order chi connectivity index (χ0) is 16.4. The zero-order valence-corrected chi connectivity index (χ0v) is 14.0. The van der Waals surface area contributed by atoms with E-state index in [1.165, 1.54) is 18.1 Å². The van der Waals surface area contributed by atoms with Crippen molar-refractivity contribution in [1.29, 1.82) is 0 Å². The molecule has 1 N–H and O–H groups in total. The highest BCUT2D eigenvalue weighted by atomic mass is 32.2. The van der Waals surface area contributed by atoms with Crippen molar-refractivity contribution in [1.82, 2.24) is 18.7 Å². The van der Waals surface area contributed by atoms with Gasteiger partial charge in [-0.1, -0.05) is 36.0 Å². The molecule has 4 aromatic rings. The SMILES string of the molecule is O=C(CSc1ncnc2ccccc12)Nc1cccc2nsnc12. The second kappa shape index (κ2) is 6.50. The maximum Gasteiger partial charge on any atom is 0.234 e. The summed E-state index contributed by atoms with van der Waals surface area (Å²) >= 11 is 2.52. The molecule has 0 unspecified atom stereocenters. The molecule has 0 saturated carbocycles. The number of para-hydroxylation sites is 1. The largest absolute Gasteiger partial charge is 0.323 e. The normalized spacial score (nSPS) is 11.0. The van der Waals surface area contributed by atoms with Crippen molar-refractivity contribution in [3.63, 3.8) is 0 Å². The number of carbonyl (C=O) groups is 1. The van der Waals surface area contributed by atoms with Crippen molar-refractivity contribution < 1.29 is 4.79 Å². The van der Waals surface area contributed by atoms with Crippen LogP contribution < -0.4 is 5.32 Å². The summed E-state index contributed by atoms with van der Waals surface area (Å²) in [5, 5.41) is 4.63. The highest BCUT2D eigenvalue weighted by Gasteiger charge is 2.11. The van der Waals surface area contributed by atoms with Crippen LogP contribution in [0.5, 0.6) is 0 Å². The van der Waals surface area contributed by atoms with Gasteiger partial charge >= 0.3 is 0 Å². The summed E-state index contributed by atoms with van der Waals surface area (Å²) < 4.78 is 8.39. The number of hydrogen-bond acceptors (Lipinski definition) is 7. The predicted molar refractivity (Wildman–Crippen MR) is 96.3 cm³/mol. The van der Waals surface area contributed by atoms with Gasteiger partial charge in [-0.25, -0.2) is 9.97 Å². The quantitative estimate of drug-likeness (QED) is 0.447. The molecule has 2 heterocycles. The number of nitrogens with zero attached hydrogens (tertiary/aromatic N) is 4. The summed E-state index contributed by atoms with van der Waals surface area (Å²) in [5.41, 5.74) is 3.05. The van der Waals surface area contributed by atoms with Gasteiger partial charge < -0.3 is 5.32 Å². The van der Waals surface area contributed by atoms with E-state index in [1.54, 1.807) is 0 Å². The topological polar surface area (TPSA) is 80.7 Å². The van der Waals surface area contributed by atoms with Crippen LogP contribution in [-0.4, -0.2) is 30.4 Å². The Hall–Kier alpha value is -2.58. The number of fused-ring (bicyclic) bond motifs is 2. The highest BCUT2D eigenvalue weighted by molar-refractivity contribution is 8.00. The van der Waals surface area contributed by atoms with Gasteiger partial charge in [0.2, 0.25) is 5.91 Å². The Labute approximate surface area is 145 Å². The number of rotatable bonds is 4. The van der Waals surface area contributed by atoms with E-state index in [0.717, 1.165) is 33.2 Å². The number of hydrogen-bond donors (Lipinski definition) is 1. The molecule has 0 aliphatic heterocycles. The molecular formula is C16H11N5OS2. The van der Waals surface area contributed by atoms with Gasteiger partial charge in [0, 0.05) is 5.39 Å². The van der Waals surface area contributed by atoms with Gasteiger partial charge in [0.15, 0.2) is 0 Å². The molecule has 8 heteroatoms. The summed E-state index contributed by atoms with van der Waals surface area (Å²) in [5.74, 6) is 0.151. The maximum absolute atomic E-state index is 12.3. The highest BCUT2D eigenvalue weighted by Crippen LogP contribution is 2.25. The molecule has 0 saturated heterocycles. The van der Waals surface area contributed by atoms with E-state index in [2.05, 4.69) is 24.0 Å². The minimum atomic E-state index is -0.108. The van der Waals surface area contributed by atoms with Gasteiger partial charge in [0.25, 0.3) is 0 Å². The molecule has 2 aromatic heterocycles. The van der Waals surface area contributed by atoms with E-state index in [-0.39, 0.29) is 11.7 Å². The van der Waals surface area contributed by atoms with Gasteiger partial charge in [-0.3, -0.25) is 4.79 Å². The van der Waals surface area contributed by atoms with Gasteiger partial charge in [0.1, 0.15) is 22.4 Å². The second-order valence-electron chi connectivity index (χ2n) is 4.97. The standard InChI is InChI=1S/C16H11N5OS2/c22-14(19-12-6-3-7-13-15(12)21-24-20-13)8-23-16-10-4-1-2-5-11(10)17-9-18-16/h1-7,9H,8H2,(H,19,22). The van der Waals surface area contributed by atoms with Crippen LogP contribution in [0.1, 0.15) is 0 Å². The average Bonchev–Trinajstić information content (AvgIpc) is 3.10. The van der Waals surface area contributed by atoms with Crippen molar-refractivity contribution >= 4 is 57.0 Å². The number of nitrogens with one attached hydrogen (secondary N) is 1. The minimum Gasteiger partial charge on any atom is -0.323 e. The van der Waals surface area contributed by atoms with E-state index in [4.69, 9.17) is 0 Å². The van der Waals surface area contributed by atoms with Crippen LogP contribution in [-0.2, 0) is 4.79 Å². The molecule has 0 bridgehead atoms. The van der Waals surface area contributed by atoms with Crippen LogP contribution >= 0.6 is 23.5 Å². The Balaban J connectivity index is 1.49. The number of carbonyl (C=O) groups excluding carboxylic acids is 1. The Kier molecular flexibility index (Phi) is 4.06. The predicted octanol–water partition coefficient (Wildman–Crippen LogP) is 3.37.